The van der Waals surface area contributed by atoms with Crippen molar-refractivity contribution in [2.45, 2.75) is 33.6 Å². The first kappa shape index (κ1) is 16.2. The van der Waals surface area contributed by atoms with Gasteiger partial charge in [-0.15, -0.1) is 0 Å². The van der Waals surface area contributed by atoms with Gasteiger partial charge >= 0.3 is 5.97 Å². The molecule has 0 aromatic heterocycles. The smallest absolute Gasteiger partial charge is 0.313 e. The summed E-state index contributed by atoms with van der Waals surface area (Å²) >= 11 is 0. The van der Waals surface area contributed by atoms with Crippen LogP contribution in [0, 0.1) is 5.92 Å². The van der Waals surface area contributed by atoms with E-state index >= 15 is 0 Å². The highest BCUT2D eigenvalue weighted by molar-refractivity contribution is 6.08. The van der Waals surface area contributed by atoms with E-state index in [4.69, 9.17) is 4.74 Å². The highest BCUT2D eigenvalue weighted by Crippen LogP contribution is 2.34. The number of allylic oxidation sites excluding steroid dienone is 4. The fourth-order valence-electron chi connectivity index (χ4n) is 2.84. The molecule has 0 spiro atoms. The minimum absolute atomic E-state index is 0.147. The van der Waals surface area contributed by atoms with Crippen molar-refractivity contribution in [1.29, 1.82) is 0 Å². The van der Waals surface area contributed by atoms with Gasteiger partial charge in [-0.05, 0) is 37.3 Å². The minimum Gasteiger partial charge on any atom is -0.466 e. The summed E-state index contributed by atoms with van der Waals surface area (Å²) in [5, 5.41) is 0. The summed E-state index contributed by atoms with van der Waals surface area (Å²) < 4.78 is 4.85. The molecular weight excluding hydrogens is 276 g/mol. The Morgan fingerprint density at radius 1 is 1.18 bits per heavy atom. The van der Waals surface area contributed by atoms with Crippen LogP contribution in [0.15, 0.2) is 53.1 Å². The molecule has 0 amide bonds. The van der Waals surface area contributed by atoms with E-state index in [0.29, 0.717) is 12.2 Å². The Hall–Kier alpha value is -2.16. The third-order valence-electron chi connectivity index (χ3n) is 4.00. The lowest BCUT2D eigenvalue weighted by Gasteiger charge is -2.10. The normalized spacial score (nSPS) is 17.4. The van der Waals surface area contributed by atoms with Gasteiger partial charge in [0, 0.05) is 5.57 Å². The molecule has 0 radical (unpaired) electrons. The van der Waals surface area contributed by atoms with E-state index in [0.717, 1.165) is 12.0 Å². The molecular formula is C19H22O3. The fraction of sp³-hybridized carbons (Fsp3) is 0.368. The minimum atomic E-state index is -0.453. The average molecular weight is 298 g/mol. The largest absolute Gasteiger partial charge is 0.466 e. The number of rotatable bonds is 6. The van der Waals surface area contributed by atoms with Crippen molar-refractivity contribution in [3.05, 3.63) is 58.7 Å². The molecule has 0 saturated heterocycles. The average Bonchev–Trinajstić information content (AvgIpc) is 2.77. The van der Waals surface area contributed by atoms with Crippen LogP contribution >= 0.6 is 0 Å². The van der Waals surface area contributed by atoms with Gasteiger partial charge in [0.05, 0.1) is 6.61 Å². The number of Topliss-reactive ketones (excluding diaryl/α,β-unsaturated/α-hetero) is 1. The number of carbonyl (C=O) groups is 2. The molecule has 1 aromatic carbocycles. The van der Waals surface area contributed by atoms with Crippen LogP contribution in [0.5, 0.6) is 0 Å². The summed E-state index contributed by atoms with van der Waals surface area (Å²) in [5.41, 5.74) is 4.16. The second-order valence-electron chi connectivity index (χ2n) is 5.59. The lowest BCUT2D eigenvalue weighted by molar-refractivity contribution is -0.144. The van der Waals surface area contributed by atoms with E-state index in [9.17, 15) is 9.59 Å². The Labute approximate surface area is 131 Å². The Morgan fingerprint density at radius 2 is 1.86 bits per heavy atom. The number of ether oxygens (including phenoxy) is 1. The van der Waals surface area contributed by atoms with E-state index in [1.165, 1.54) is 11.1 Å². The highest BCUT2D eigenvalue weighted by atomic mass is 16.5. The van der Waals surface area contributed by atoms with Crippen molar-refractivity contribution in [2.75, 3.05) is 6.61 Å². The van der Waals surface area contributed by atoms with Crippen LogP contribution in [-0.2, 0) is 20.7 Å². The first-order valence-corrected chi connectivity index (χ1v) is 7.67. The zero-order valence-corrected chi connectivity index (χ0v) is 13.4. The number of hydrogen-bond donors (Lipinski definition) is 0. The van der Waals surface area contributed by atoms with E-state index < -0.39 is 5.97 Å². The molecule has 0 N–H and O–H groups in total. The van der Waals surface area contributed by atoms with Crippen LogP contribution in [0.25, 0.3) is 0 Å². The molecule has 2 rings (SSSR count). The maximum Gasteiger partial charge on any atom is 0.313 e. The van der Waals surface area contributed by atoms with Gasteiger partial charge < -0.3 is 4.74 Å². The standard InChI is InChI=1S/C19H22O3/c1-4-22-19(21)12-18(20)17-10-13(2)16(14(17)3)11-15-8-6-5-7-9-15/h5-10,13H,4,11-12H2,1-3H3. The second-order valence-corrected chi connectivity index (χ2v) is 5.59. The molecule has 0 fully saturated rings. The summed E-state index contributed by atoms with van der Waals surface area (Å²) in [5.74, 6) is -0.377. The Kier molecular flexibility index (Phi) is 5.31. The SMILES string of the molecule is CCOC(=O)CC(=O)C1=CC(C)C(Cc2ccccc2)=C1C. The molecule has 3 nitrogen and oxygen atoms in total. The number of benzene rings is 1. The summed E-state index contributed by atoms with van der Waals surface area (Å²) in [7, 11) is 0. The lowest BCUT2D eigenvalue weighted by Crippen LogP contribution is -2.13. The molecule has 1 aliphatic rings. The van der Waals surface area contributed by atoms with Gasteiger partial charge in [0.2, 0.25) is 0 Å². The molecule has 3 heteroatoms. The molecule has 1 unspecified atom stereocenters. The van der Waals surface area contributed by atoms with Crippen LogP contribution in [0.2, 0.25) is 0 Å². The van der Waals surface area contributed by atoms with Gasteiger partial charge in [0.15, 0.2) is 5.78 Å². The molecule has 0 bridgehead atoms. The number of esters is 1. The number of ketones is 1. The van der Waals surface area contributed by atoms with Gasteiger partial charge in [0.1, 0.15) is 6.42 Å². The lowest BCUT2D eigenvalue weighted by atomic mass is 9.94. The topological polar surface area (TPSA) is 43.4 Å². The zero-order valence-electron chi connectivity index (χ0n) is 13.4. The van der Waals surface area contributed by atoms with Gasteiger partial charge in [0.25, 0.3) is 0 Å². The first-order chi connectivity index (χ1) is 10.5. The highest BCUT2D eigenvalue weighted by Gasteiger charge is 2.26. The second kappa shape index (κ2) is 7.21. The summed E-state index contributed by atoms with van der Waals surface area (Å²) in [4.78, 5) is 23.8. The van der Waals surface area contributed by atoms with Gasteiger partial charge in [-0.25, -0.2) is 0 Å². The zero-order chi connectivity index (χ0) is 16.1. The van der Waals surface area contributed by atoms with Gasteiger partial charge in [-0.3, -0.25) is 9.59 Å². The summed E-state index contributed by atoms with van der Waals surface area (Å²) in [6.45, 7) is 6.10. The number of carbonyl (C=O) groups excluding carboxylic acids is 2. The molecule has 116 valence electrons. The predicted molar refractivity (Wildman–Crippen MR) is 86.4 cm³/mol. The first-order valence-electron chi connectivity index (χ1n) is 7.67. The third-order valence-corrected chi connectivity index (χ3v) is 4.00. The van der Waals surface area contributed by atoms with Gasteiger partial charge in [-0.2, -0.15) is 0 Å². The number of hydrogen-bond acceptors (Lipinski definition) is 3. The van der Waals surface area contributed by atoms with Crippen LogP contribution < -0.4 is 0 Å². The van der Waals surface area contributed by atoms with Crippen LogP contribution in [0.3, 0.4) is 0 Å². The maximum absolute atomic E-state index is 12.3. The molecule has 1 aromatic rings. The molecule has 0 aliphatic heterocycles. The van der Waals surface area contributed by atoms with E-state index in [2.05, 4.69) is 19.1 Å². The maximum atomic E-state index is 12.3. The molecule has 22 heavy (non-hydrogen) atoms. The van der Waals surface area contributed by atoms with Crippen molar-refractivity contribution in [3.8, 4) is 0 Å². The van der Waals surface area contributed by atoms with Crippen LogP contribution in [0.1, 0.15) is 32.8 Å². The molecule has 1 aliphatic carbocycles. The van der Waals surface area contributed by atoms with Crippen LogP contribution in [-0.4, -0.2) is 18.4 Å². The van der Waals surface area contributed by atoms with Crippen molar-refractivity contribution in [1.82, 2.24) is 0 Å². The fourth-order valence-corrected chi connectivity index (χ4v) is 2.84. The molecule has 0 heterocycles. The molecule has 0 saturated carbocycles. The van der Waals surface area contributed by atoms with Gasteiger partial charge in [-0.1, -0.05) is 48.9 Å². The van der Waals surface area contributed by atoms with E-state index in [1.54, 1.807) is 6.92 Å². The van der Waals surface area contributed by atoms with E-state index in [-0.39, 0.29) is 18.1 Å². The van der Waals surface area contributed by atoms with Crippen molar-refractivity contribution >= 4 is 11.8 Å². The van der Waals surface area contributed by atoms with E-state index in [1.807, 2.05) is 31.2 Å². The van der Waals surface area contributed by atoms with Crippen molar-refractivity contribution in [3.63, 3.8) is 0 Å². The summed E-state index contributed by atoms with van der Waals surface area (Å²) in [6.07, 6.45) is 2.62. The van der Waals surface area contributed by atoms with Crippen molar-refractivity contribution < 1.29 is 14.3 Å². The summed E-state index contributed by atoms with van der Waals surface area (Å²) in [6, 6.07) is 10.2. The Bertz CT molecular complexity index is 623. The monoisotopic (exact) mass is 298 g/mol. The molecule has 1 atom stereocenters. The quantitative estimate of drug-likeness (QED) is 0.595. The predicted octanol–water partition coefficient (Wildman–Crippen LogP) is 3.64. The Morgan fingerprint density at radius 3 is 2.50 bits per heavy atom. The van der Waals surface area contributed by atoms with Crippen molar-refractivity contribution in [2.24, 2.45) is 5.92 Å². The van der Waals surface area contributed by atoms with Crippen LogP contribution in [0.4, 0.5) is 0 Å². The third kappa shape index (κ3) is 3.73. The Balaban J connectivity index is 2.12.